The summed E-state index contributed by atoms with van der Waals surface area (Å²) in [7, 11) is -2.42. The van der Waals surface area contributed by atoms with Crippen molar-refractivity contribution in [3.05, 3.63) is 11.4 Å². The van der Waals surface area contributed by atoms with Crippen LogP contribution in [-0.4, -0.2) is 37.7 Å². The highest BCUT2D eigenvalue weighted by atomic mass is 32.2. The average Bonchev–Trinajstić information content (AvgIpc) is 2.68. The molecule has 0 aromatic carbocycles. The van der Waals surface area contributed by atoms with Crippen LogP contribution in [0.5, 0.6) is 0 Å². The fourth-order valence-electron chi connectivity index (χ4n) is 1.77. The molecular formula is C11H19N3O4S. The minimum Gasteiger partial charge on any atom is -0.469 e. The lowest BCUT2D eigenvalue weighted by Crippen LogP contribution is -2.36. The molecule has 19 heavy (non-hydrogen) atoms. The van der Waals surface area contributed by atoms with Crippen LogP contribution in [-0.2, 0) is 19.6 Å². The number of nitrogens with one attached hydrogen (secondary N) is 2. The van der Waals surface area contributed by atoms with Crippen LogP contribution in [0.15, 0.2) is 4.90 Å². The van der Waals surface area contributed by atoms with Crippen LogP contribution in [0.25, 0.3) is 0 Å². The zero-order valence-corrected chi connectivity index (χ0v) is 12.3. The molecule has 1 rings (SSSR count). The zero-order chi connectivity index (χ0) is 14.6. The number of carbonyl (C=O) groups is 1. The predicted octanol–water partition coefficient (Wildman–Crippen LogP) is 0.647. The molecule has 0 amide bonds. The molecule has 1 aromatic rings. The van der Waals surface area contributed by atoms with E-state index >= 15 is 0 Å². The molecule has 1 atom stereocenters. The number of nitrogens with zero attached hydrogens (tertiary/aromatic N) is 1. The number of hydrogen-bond acceptors (Lipinski definition) is 5. The van der Waals surface area contributed by atoms with Crippen molar-refractivity contribution in [3.8, 4) is 0 Å². The molecule has 0 aliphatic carbocycles. The van der Waals surface area contributed by atoms with Crippen molar-refractivity contribution in [2.24, 2.45) is 0 Å². The number of ether oxygens (including phenoxy) is 1. The fraction of sp³-hybridized carbons (Fsp3) is 0.636. The Morgan fingerprint density at radius 3 is 2.53 bits per heavy atom. The molecule has 0 radical (unpaired) electrons. The number of aryl methyl sites for hydroxylation is 2. The monoisotopic (exact) mass is 289 g/mol. The minimum absolute atomic E-state index is 0.00216. The number of sulfonamides is 1. The normalized spacial score (nSPS) is 13.3. The molecule has 1 unspecified atom stereocenters. The van der Waals surface area contributed by atoms with Crippen LogP contribution >= 0.6 is 0 Å². The second kappa shape index (κ2) is 6.16. The molecule has 8 heteroatoms. The number of H-pyrrole nitrogens is 1. The molecule has 0 bridgehead atoms. The van der Waals surface area contributed by atoms with Gasteiger partial charge in [0, 0.05) is 6.04 Å². The summed E-state index contributed by atoms with van der Waals surface area (Å²) in [6, 6.07) is -0.494. The van der Waals surface area contributed by atoms with E-state index in [4.69, 9.17) is 0 Å². The smallest absolute Gasteiger partial charge is 0.307 e. The highest BCUT2D eigenvalue weighted by Crippen LogP contribution is 2.17. The van der Waals surface area contributed by atoms with E-state index in [9.17, 15) is 13.2 Å². The van der Waals surface area contributed by atoms with Gasteiger partial charge in [0.15, 0.2) is 0 Å². The summed E-state index contributed by atoms with van der Waals surface area (Å²) in [5, 5.41) is 6.48. The number of esters is 1. The van der Waals surface area contributed by atoms with Gasteiger partial charge in [0.2, 0.25) is 10.0 Å². The quantitative estimate of drug-likeness (QED) is 0.749. The summed E-state index contributed by atoms with van der Waals surface area (Å²) in [6.45, 7) is 5.04. The summed E-state index contributed by atoms with van der Waals surface area (Å²) in [5.41, 5.74) is 0.871. The number of methoxy groups -OCH3 is 1. The third kappa shape index (κ3) is 3.77. The molecule has 2 N–H and O–H groups in total. The Hall–Kier alpha value is -1.41. The second-order valence-corrected chi connectivity index (χ2v) is 5.92. The van der Waals surface area contributed by atoms with Gasteiger partial charge in [-0.1, -0.05) is 6.92 Å². The fourth-order valence-corrected chi connectivity index (χ4v) is 3.46. The van der Waals surface area contributed by atoms with Crippen LogP contribution in [0.3, 0.4) is 0 Å². The van der Waals surface area contributed by atoms with E-state index in [1.807, 2.05) is 0 Å². The Balaban J connectivity index is 2.93. The van der Waals surface area contributed by atoms with Gasteiger partial charge in [-0.05, 0) is 20.3 Å². The largest absolute Gasteiger partial charge is 0.469 e. The van der Waals surface area contributed by atoms with E-state index in [0.717, 1.165) is 0 Å². The Kier molecular flexibility index (Phi) is 5.07. The van der Waals surface area contributed by atoms with Crippen LogP contribution in [0, 0.1) is 13.8 Å². The lowest BCUT2D eigenvalue weighted by Gasteiger charge is -2.15. The lowest BCUT2D eigenvalue weighted by atomic mass is 10.2. The first-order chi connectivity index (χ1) is 8.81. The Labute approximate surface area is 112 Å². The first-order valence-electron chi connectivity index (χ1n) is 5.92. The maximum absolute atomic E-state index is 12.3. The van der Waals surface area contributed by atoms with Crippen LogP contribution < -0.4 is 4.72 Å². The van der Waals surface area contributed by atoms with Gasteiger partial charge >= 0.3 is 5.97 Å². The van der Waals surface area contributed by atoms with Gasteiger partial charge in [-0.3, -0.25) is 9.89 Å². The molecule has 0 aliphatic rings. The first kappa shape index (κ1) is 15.6. The summed E-state index contributed by atoms with van der Waals surface area (Å²) in [6.07, 6.45) is 0.493. The average molecular weight is 289 g/mol. The molecule has 1 aromatic heterocycles. The summed E-state index contributed by atoms with van der Waals surface area (Å²) >= 11 is 0. The molecule has 0 saturated carbocycles. The van der Waals surface area contributed by atoms with Crippen LogP contribution in [0.2, 0.25) is 0 Å². The first-order valence-corrected chi connectivity index (χ1v) is 7.40. The number of carbonyl (C=O) groups excluding carboxylic acids is 1. The Morgan fingerprint density at radius 1 is 1.47 bits per heavy atom. The third-order valence-corrected chi connectivity index (χ3v) is 4.57. The third-order valence-electron chi connectivity index (χ3n) is 2.78. The van der Waals surface area contributed by atoms with E-state index in [-0.39, 0.29) is 11.3 Å². The number of aromatic nitrogens is 2. The van der Waals surface area contributed by atoms with E-state index in [1.165, 1.54) is 7.11 Å². The number of hydrogen-bond donors (Lipinski definition) is 2. The highest BCUT2D eigenvalue weighted by Gasteiger charge is 2.26. The number of rotatable bonds is 6. The molecule has 0 spiro atoms. The lowest BCUT2D eigenvalue weighted by molar-refractivity contribution is -0.141. The van der Waals surface area contributed by atoms with Gasteiger partial charge in [0.05, 0.1) is 24.9 Å². The van der Waals surface area contributed by atoms with Crippen molar-refractivity contribution in [2.75, 3.05) is 7.11 Å². The maximum Gasteiger partial charge on any atom is 0.307 e. The summed E-state index contributed by atoms with van der Waals surface area (Å²) in [4.78, 5) is 11.3. The Bertz CT molecular complexity index is 531. The van der Waals surface area contributed by atoms with Crippen molar-refractivity contribution in [1.29, 1.82) is 0 Å². The topological polar surface area (TPSA) is 101 Å². The highest BCUT2D eigenvalue weighted by molar-refractivity contribution is 7.89. The molecular weight excluding hydrogens is 270 g/mol. The van der Waals surface area contributed by atoms with Crippen molar-refractivity contribution >= 4 is 16.0 Å². The van der Waals surface area contributed by atoms with Gasteiger partial charge in [-0.2, -0.15) is 5.10 Å². The SMILES string of the molecule is CCC(CC(=O)OC)NS(=O)(=O)c1c(C)n[nH]c1C. The van der Waals surface area contributed by atoms with Gasteiger partial charge in [0.1, 0.15) is 4.90 Å². The summed E-state index contributed by atoms with van der Waals surface area (Å²) < 4.78 is 31.5. The van der Waals surface area contributed by atoms with E-state index in [1.54, 1.807) is 20.8 Å². The van der Waals surface area contributed by atoms with Crippen molar-refractivity contribution in [2.45, 2.75) is 44.6 Å². The maximum atomic E-state index is 12.3. The Morgan fingerprint density at radius 2 is 2.11 bits per heavy atom. The zero-order valence-electron chi connectivity index (χ0n) is 11.5. The van der Waals surface area contributed by atoms with Crippen molar-refractivity contribution in [3.63, 3.8) is 0 Å². The molecule has 1 heterocycles. The van der Waals surface area contributed by atoms with E-state index in [0.29, 0.717) is 17.8 Å². The minimum atomic E-state index is -3.69. The van der Waals surface area contributed by atoms with Crippen LogP contribution in [0.4, 0.5) is 0 Å². The second-order valence-electron chi connectivity index (χ2n) is 4.27. The standard InChI is InChI=1S/C11H19N3O4S/c1-5-9(6-10(15)18-4)14-19(16,17)11-7(2)12-13-8(11)3/h9,14H,5-6H2,1-4H3,(H,12,13). The predicted molar refractivity (Wildman–Crippen MR) is 69.1 cm³/mol. The van der Waals surface area contributed by atoms with E-state index in [2.05, 4.69) is 19.7 Å². The molecule has 0 saturated heterocycles. The van der Waals surface area contributed by atoms with Gasteiger partial charge in [0.25, 0.3) is 0 Å². The molecule has 108 valence electrons. The van der Waals surface area contributed by atoms with Gasteiger partial charge < -0.3 is 4.74 Å². The number of aromatic amines is 1. The van der Waals surface area contributed by atoms with E-state index < -0.39 is 22.0 Å². The summed E-state index contributed by atoms with van der Waals surface area (Å²) in [5.74, 6) is -0.449. The van der Waals surface area contributed by atoms with Gasteiger partial charge in [-0.25, -0.2) is 13.1 Å². The van der Waals surface area contributed by atoms with Crippen LogP contribution in [0.1, 0.15) is 31.2 Å². The molecule has 0 aliphatic heterocycles. The molecule has 7 nitrogen and oxygen atoms in total. The van der Waals surface area contributed by atoms with Crippen molar-refractivity contribution in [1.82, 2.24) is 14.9 Å². The van der Waals surface area contributed by atoms with Gasteiger partial charge in [-0.15, -0.1) is 0 Å². The molecule has 0 fully saturated rings. The van der Waals surface area contributed by atoms with Crippen molar-refractivity contribution < 1.29 is 17.9 Å².